The van der Waals surface area contributed by atoms with Gasteiger partial charge in [-0.2, -0.15) is 14.6 Å². The first-order chi connectivity index (χ1) is 14.8. The predicted octanol–water partition coefficient (Wildman–Crippen LogP) is 1.40. The van der Waals surface area contributed by atoms with Crippen molar-refractivity contribution in [1.29, 1.82) is 0 Å². The van der Waals surface area contributed by atoms with Gasteiger partial charge < -0.3 is 4.90 Å². The van der Waals surface area contributed by atoms with Gasteiger partial charge in [-0.15, -0.1) is 10.2 Å². The van der Waals surface area contributed by atoms with Gasteiger partial charge in [0.05, 0.1) is 12.2 Å². The van der Waals surface area contributed by atoms with Crippen LogP contribution in [0.25, 0.3) is 17.0 Å². The Balaban J connectivity index is 1.30. The SMILES string of the molecule is O=C(CN1CCN(c2cc(-c3ccccc3)nc3ncnn23)CC1)Nc1nncs1. The molecule has 3 aromatic heterocycles. The number of hydrogen-bond acceptors (Lipinski definition) is 9. The molecule has 0 aliphatic carbocycles. The number of piperazine rings is 1. The van der Waals surface area contributed by atoms with Gasteiger partial charge in [-0.3, -0.25) is 15.0 Å². The lowest BCUT2D eigenvalue weighted by molar-refractivity contribution is -0.117. The Morgan fingerprint density at radius 2 is 1.97 bits per heavy atom. The van der Waals surface area contributed by atoms with Crippen molar-refractivity contribution < 1.29 is 4.79 Å². The second kappa shape index (κ2) is 8.13. The van der Waals surface area contributed by atoms with Crippen LogP contribution in [-0.2, 0) is 4.79 Å². The van der Waals surface area contributed by atoms with Crippen LogP contribution >= 0.6 is 11.3 Å². The summed E-state index contributed by atoms with van der Waals surface area (Å²) in [5.41, 5.74) is 3.50. The van der Waals surface area contributed by atoms with E-state index in [1.54, 1.807) is 10.0 Å². The molecule has 5 rings (SSSR count). The zero-order chi connectivity index (χ0) is 20.3. The van der Waals surface area contributed by atoms with Gasteiger partial charge in [0.1, 0.15) is 17.7 Å². The molecule has 4 aromatic rings. The van der Waals surface area contributed by atoms with Crippen molar-refractivity contribution in [2.24, 2.45) is 0 Å². The standard InChI is InChI=1S/C19H19N9OS/c29-16(24-19-25-21-13-30-19)11-26-6-8-27(9-7-26)17-10-15(14-4-2-1-3-5-14)23-18-20-12-22-28(17)18/h1-5,10,12-13H,6-9,11H2,(H,24,25,29). The lowest BCUT2D eigenvalue weighted by Crippen LogP contribution is -2.49. The molecule has 1 saturated heterocycles. The summed E-state index contributed by atoms with van der Waals surface area (Å²) in [5.74, 6) is 1.45. The molecule has 1 amide bonds. The van der Waals surface area contributed by atoms with Crippen LogP contribution in [0.1, 0.15) is 0 Å². The topological polar surface area (TPSA) is 104 Å². The summed E-state index contributed by atoms with van der Waals surface area (Å²) in [6, 6.07) is 12.1. The van der Waals surface area contributed by atoms with E-state index >= 15 is 0 Å². The fourth-order valence-corrected chi connectivity index (χ4v) is 3.96. The molecule has 0 saturated carbocycles. The summed E-state index contributed by atoms with van der Waals surface area (Å²) in [4.78, 5) is 25.5. The number of amides is 1. The number of fused-ring (bicyclic) bond motifs is 1. The van der Waals surface area contributed by atoms with Crippen molar-refractivity contribution in [3.8, 4) is 11.3 Å². The van der Waals surface area contributed by atoms with Crippen molar-refractivity contribution in [3.05, 3.63) is 48.2 Å². The Morgan fingerprint density at radius 3 is 2.73 bits per heavy atom. The first-order valence-electron chi connectivity index (χ1n) is 9.56. The minimum atomic E-state index is -0.0749. The van der Waals surface area contributed by atoms with Gasteiger partial charge in [0.15, 0.2) is 0 Å². The Bertz CT molecular complexity index is 1140. The third-order valence-corrected chi connectivity index (χ3v) is 5.58. The summed E-state index contributed by atoms with van der Waals surface area (Å²) in [7, 11) is 0. The van der Waals surface area contributed by atoms with Crippen LogP contribution in [-0.4, -0.2) is 73.3 Å². The highest BCUT2D eigenvalue weighted by atomic mass is 32.1. The summed E-state index contributed by atoms with van der Waals surface area (Å²) in [6.45, 7) is 3.42. The van der Waals surface area contributed by atoms with Crippen LogP contribution in [0.3, 0.4) is 0 Å². The zero-order valence-corrected chi connectivity index (χ0v) is 16.9. The van der Waals surface area contributed by atoms with Gasteiger partial charge >= 0.3 is 0 Å². The third-order valence-electron chi connectivity index (χ3n) is 4.97. The maximum atomic E-state index is 12.2. The van der Waals surface area contributed by atoms with Crippen LogP contribution < -0.4 is 10.2 Å². The highest BCUT2D eigenvalue weighted by Crippen LogP contribution is 2.24. The number of nitrogens with one attached hydrogen (secondary N) is 1. The van der Waals surface area contributed by atoms with Crippen LogP contribution in [0, 0.1) is 0 Å². The van der Waals surface area contributed by atoms with E-state index in [4.69, 9.17) is 0 Å². The van der Waals surface area contributed by atoms with Gasteiger partial charge in [0, 0.05) is 37.8 Å². The molecule has 0 unspecified atom stereocenters. The molecule has 0 spiro atoms. The summed E-state index contributed by atoms with van der Waals surface area (Å²) < 4.78 is 1.77. The van der Waals surface area contributed by atoms with Crippen molar-refractivity contribution >= 4 is 34.0 Å². The number of carbonyl (C=O) groups excluding carboxylic acids is 1. The number of nitrogens with zero attached hydrogens (tertiary/aromatic N) is 8. The number of rotatable bonds is 5. The average molecular weight is 421 g/mol. The Morgan fingerprint density at radius 1 is 1.13 bits per heavy atom. The van der Waals surface area contributed by atoms with E-state index in [2.05, 4.69) is 46.4 Å². The fourth-order valence-electron chi connectivity index (χ4n) is 3.50. The van der Waals surface area contributed by atoms with E-state index in [0.717, 1.165) is 43.3 Å². The lowest BCUT2D eigenvalue weighted by atomic mass is 10.1. The third kappa shape index (κ3) is 3.84. The van der Waals surface area contributed by atoms with Gasteiger partial charge in [-0.25, -0.2) is 4.98 Å². The number of hydrogen-bond donors (Lipinski definition) is 1. The molecule has 0 bridgehead atoms. The van der Waals surface area contributed by atoms with Crippen molar-refractivity contribution in [2.75, 3.05) is 42.9 Å². The number of aromatic nitrogens is 6. The molecule has 10 nitrogen and oxygen atoms in total. The van der Waals surface area contributed by atoms with Gasteiger partial charge in [0.2, 0.25) is 11.0 Å². The zero-order valence-electron chi connectivity index (χ0n) is 16.0. The fraction of sp³-hybridized carbons (Fsp3) is 0.263. The Labute approximate surface area is 176 Å². The minimum absolute atomic E-state index is 0.0749. The predicted molar refractivity (Wildman–Crippen MR) is 113 cm³/mol. The van der Waals surface area contributed by atoms with E-state index in [-0.39, 0.29) is 5.91 Å². The van der Waals surface area contributed by atoms with Gasteiger partial charge in [-0.05, 0) is 0 Å². The van der Waals surface area contributed by atoms with E-state index < -0.39 is 0 Å². The smallest absolute Gasteiger partial charge is 0.254 e. The number of benzene rings is 1. The molecular weight excluding hydrogens is 402 g/mol. The Kier molecular flexibility index (Phi) is 5.03. The molecule has 1 aliphatic rings. The van der Waals surface area contributed by atoms with Crippen LogP contribution in [0.5, 0.6) is 0 Å². The Hall–Kier alpha value is -3.44. The number of carbonyl (C=O) groups is 1. The first kappa shape index (κ1) is 18.6. The molecule has 152 valence electrons. The molecule has 1 N–H and O–H groups in total. The molecular formula is C19H19N9OS. The maximum Gasteiger partial charge on any atom is 0.254 e. The van der Waals surface area contributed by atoms with Gasteiger partial charge in [0.25, 0.3) is 5.78 Å². The molecule has 0 radical (unpaired) electrons. The van der Waals surface area contributed by atoms with Gasteiger partial charge in [-0.1, -0.05) is 41.7 Å². The molecule has 0 atom stereocenters. The highest BCUT2D eigenvalue weighted by molar-refractivity contribution is 7.13. The lowest BCUT2D eigenvalue weighted by Gasteiger charge is -2.35. The minimum Gasteiger partial charge on any atom is -0.354 e. The van der Waals surface area contributed by atoms with E-state index in [1.807, 2.05) is 30.3 Å². The van der Waals surface area contributed by atoms with E-state index in [0.29, 0.717) is 17.5 Å². The van der Waals surface area contributed by atoms with Crippen LogP contribution in [0.2, 0.25) is 0 Å². The van der Waals surface area contributed by atoms with E-state index in [1.165, 1.54) is 17.7 Å². The normalized spacial score (nSPS) is 14.9. The van der Waals surface area contributed by atoms with Crippen molar-refractivity contribution in [1.82, 2.24) is 34.7 Å². The number of anilines is 2. The van der Waals surface area contributed by atoms with Crippen molar-refractivity contribution in [2.45, 2.75) is 0 Å². The molecule has 1 aliphatic heterocycles. The molecule has 4 heterocycles. The summed E-state index contributed by atoms with van der Waals surface area (Å²) in [5, 5.41) is 15.2. The highest BCUT2D eigenvalue weighted by Gasteiger charge is 2.22. The van der Waals surface area contributed by atoms with E-state index in [9.17, 15) is 4.79 Å². The second-order valence-electron chi connectivity index (χ2n) is 6.89. The molecule has 11 heteroatoms. The largest absolute Gasteiger partial charge is 0.354 e. The second-order valence-corrected chi connectivity index (χ2v) is 7.73. The molecule has 1 fully saturated rings. The molecule has 1 aromatic carbocycles. The summed E-state index contributed by atoms with van der Waals surface area (Å²) >= 11 is 1.31. The average Bonchev–Trinajstić information content (AvgIpc) is 3.46. The van der Waals surface area contributed by atoms with Crippen LogP contribution in [0.4, 0.5) is 10.9 Å². The quantitative estimate of drug-likeness (QED) is 0.516. The first-order valence-corrected chi connectivity index (χ1v) is 10.4. The monoisotopic (exact) mass is 421 g/mol. The maximum absolute atomic E-state index is 12.2. The molecule has 30 heavy (non-hydrogen) atoms. The van der Waals surface area contributed by atoms with Crippen molar-refractivity contribution in [3.63, 3.8) is 0 Å². The van der Waals surface area contributed by atoms with Crippen LogP contribution in [0.15, 0.2) is 48.2 Å². The summed E-state index contributed by atoms with van der Waals surface area (Å²) in [6.07, 6.45) is 1.52.